The summed E-state index contributed by atoms with van der Waals surface area (Å²) in [7, 11) is -3.02. The van der Waals surface area contributed by atoms with E-state index in [1.165, 1.54) is 0 Å². The van der Waals surface area contributed by atoms with Gasteiger partial charge in [-0.25, -0.2) is 13.4 Å². The van der Waals surface area contributed by atoms with Crippen molar-refractivity contribution < 1.29 is 13.2 Å². The third kappa shape index (κ3) is 4.93. The highest BCUT2D eigenvalue weighted by molar-refractivity contribution is 7.91. The lowest BCUT2D eigenvalue weighted by molar-refractivity contribution is 0.0936. The Morgan fingerprint density at radius 1 is 1.20 bits per heavy atom. The van der Waals surface area contributed by atoms with Gasteiger partial charge in [-0.2, -0.15) is 0 Å². The quantitative estimate of drug-likeness (QED) is 0.831. The molecular formula is C17H18ClN3O3S. The molecule has 1 saturated heterocycles. The van der Waals surface area contributed by atoms with Crippen LogP contribution < -0.4 is 10.6 Å². The molecule has 1 aromatic carbocycles. The maximum absolute atomic E-state index is 12.1. The lowest BCUT2D eigenvalue weighted by Crippen LogP contribution is -2.36. The van der Waals surface area contributed by atoms with Crippen molar-refractivity contribution in [3.05, 3.63) is 58.9 Å². The molecule has 0 saturated carbocycles. The van der Waals surface area contributed by atoms with Crippen molar-refractivity contribution in [1.29, 1.82) is 0 Å². The van der Waals surface area contributed by atoms with Crippen molar-refractivity contribution in [3.63, 3.8) is 0 Å². The van der Waals surface area contributed by atoms with Crippen LogP contribution in [0.15, 0.2) is 42.6 Å². The van der Waals surface area contributed by atoms with E-state index in [1.54, 1.807) is 18.3 Å². The molecule has 1 fully saturated rings. The molecule has 2 heterocycles. The van der Waals surface area contributed by atoms with Crippen LogP contribution in [0.2, 0.25) is 5.02 Å². The molecule has 25 heavy (non-hydrogen) atoms. The third-order valence-electron chi connectivity index (χ3n) is 3.97. The SMILES string of the molecule is O=C(NC1CCS(=O)(=O)C1)c1ccc(NCc2ccc(Cl)cc2)cn1. The van der Waals surface area contributed by atoms with Crippen LogP contribution in [0.4, 0.5) is 5.69 Å². The Kier molecular flexibility index (Phi) is 5.24. The van der Waals surface area contributed by atoms with E-state index in [4.69, 9.17) is 11.6 Å². The summed E-state index contributed by atoms with van der Waals surface area (Å²) in [6, 6.07) is 10.6. The van der Waals surface area contributed by atoms with Gasteiger partial charge in [0.1, 0.15) is 5.69 Å². The second-order valence-electron chi connectivity index (χ2n) is 5.99. The number of nitrogens with one attached hydrogen (secondary N) is 2. The van der Waals surface area contributed by atoms with Crippen molar-refractivity contribution in [3.8, 4) is 0 Å². The third-order valence-corrected chi connectivity index (χ3v) is 5.99. The minimum atomic E-state index is -3.02. The monoisotopic (exact) mass is 379 g/mol. The Balaban J connectivity index is 1.54. The zero-order valence-electron chi connectivity index (χ0n) is 13.4. The number of anilines is 1. The standard InChI is InChI=1S/C17H18ClN3O3S/c18-13-3-1-12(2-4-13)9-19-14-5-6-16(20-10-14)17(22)21-15-7-8-25(23,24)11-15/h1-6,10,15,19H,7-9,11H2,(H,21,22). The van der Waals surface area contributed by atoms with Gasteiger partial charge < -0.3 is 10.6 Å². The van der Waals surface area contributed by atoms with Gasteiger partial charge in [0.2, 0.25) is 0 Å². The summed E-state index contributed by atoms with van der Waals surface area (Å²) in [4.78, 5) is 16.3. The number of aromatic nitrogens is 1. The highest BCUT2D eigenvalue weighted by Gasteiger charge is 2.29. The fourth-order valence-electron chi connectivity index (χ4n) is 2.61. The van der Waals surface area contributed by atoms with Gasteiger partial charge in [-0.1, -0.05) is 23.7 Å². The van der Waals surface area contributed by atoms with Crippen LogP contribution in [0.1, 0.15) is 22.5 Å². The van der Waals surface area contributed by atoms with Crippen LogP contribution in [0.5, 0.6) is 0 Å². The summed E-state index contributed by atoms with van der Waals surface area (Å²) in [6.07, 6.45) is 2.03. The molecule has 3 rings (SSSR count). The van der Waals surface area contributed by atoms with Crippen molar-refractivity contribution in [1.82, 2.24) is 10.3 Å². The molecule has 0 aliphatic carbocycles. The number of amides is 1. The van der Waals surface area contributed by atoms with Crippen molar-refractivity contribution in [2.24, 2.45) is 0 Å². The average molecular weight is 380 g/mol. The van der Waals surface area contributed by atoms with Crippen LogP contribution in [0.3, 0.4) is 0 Å². The van der Waals surface area contributed by atoms with Crippen LogP contribution in [0, 0.1) is 0 Å². The van der Waals surface area contributed by atoms with E-state index in [1.807, 2.05) is 24.3 Å². The van der Waals surface area contributed by atoms with Gasteiger partial charge in [-0.05, 0) is 36.2 Å². The largest absolute Gasteiger partial charge is 0.380 e. The predicted molar refractivity (Wildman–Crippen MR) is 97.5 cm³/mol. The molecule has 0 radical (unpaired) electrons. The number of pyridine rings is 1. The first kappa shape index (κ1) is 17.7. The molecule has 2 N–H and O–H groups in total. The topological polar surface area (TPSA) is 88.2 Å². The Morgan fingerprint density at radius 2 is 1.96 bits per heavy atom. The first-order valence-electron chi connectivity index (χ1n) is 7.87. The Hall–Kier alpha value is -2.12. The van der Waals surface area contributed by atoms with Crippen molar-refractivity contribution in [2.45, 2.75) is 19.0 Å². The number of carbonyl (C=O) groups is 1. The summed E-state index contributed by atoms with van der Waals surface area (Å²) in [5, 5.41) is 6.62. The molecule has 1 aliphatic rings. The lowest BCUT2D eigenvalue weighted by Gasteiger charge is -2.11. The van der Waals surface area contributed by atoms with Gasteiger partial charge in [0, 0.05) is 17.6 Å². The van der Waals surface area contributed by atoms with Crippen LogP contribution in [0.25, 0.3) is 0 Å². The molecule has 0 bridgehead atoms. The fraction of sp³-hybridized carbons (Fsp3) is 0.294. The molecule has 6 nitrogen and oxygen atoms in total. The number of carbonyl (C=O) groups excluding carboxylic acids is 1. The average Bonchev–Trinajstić information content (AvgIpc) is 2.93. The second kappa shape index (κ2) is 7.41. The van der Waals surface area contributed by atoms with Gasteiger partial charge in [-0.15, -0.1) is 0 Å². The molecule has 2 aromatic rings. The summed E-state index contributed by atoms with van der Waals surface area (Å²) in [6.45, 7) is 0.615. The van der Waals surface area contributed by atoms with Crippen molar-refractivity contribution in [2.75, 3.05) is 16.8 Å². The molecule has 132 valence electrons. The predicted octanol–water partition coefficient (Wildman–Crippen LogP) is 2.26. The lowest BCUT2D eigenvalue weighted by atomic mass is 10.2. The molecule has 1 amide bonds. The van der Waals surface area contributed by atoms with E-state index in [0.29, 0.717) is 18.0 Å². The normalized spacial score (nSPS) is 18.7. The highest BCUT2D eigenvalue weighted by atomic mass is 35.5. The van der Waals surface area contributed by atoms with Crippen LogP contribution in [-0.4, -0.2) is 36.9 Å². The minimum Gasteiger partial charge on any atom is -0.380 e. The van der Waals surface area contributed by atoms with Crippen LogP contribution in [-0.2, 0) is 16.4 Å². The number of rotatable bonds is 5. The molecule has 8 heteroatoms. The van der Waals surface area contributed by atoms with E-state index >= 15 is 0 Å². The van der Waals surface area contributed by atoms with Gasteiger partial charge in [0.05, 0.1) is 23.4 Å². The van der Waals surface area contributed by atoms with Crippen LogP contribution >= 0.6 is 11.6 Å². The molecule has 0 spiro atoms. The van der Waals surface area contributed by atoms with E-state index in [0.717, 1.165) is 11.3 Å². The number of sulfone groups is 1. The Morgan fingerprint density at radius 3 is 2.56 bits per heavy atom. The number of hydrogen-bond donors (Lipinski definition) is 2. The Bertz CT molecular complexity index is 852. The molecule has 1 aliphatic heterocycles. The van der Waals surface area contributed by atoms with E-state index in [9.17, 15) is 13.2 Å². The summed E-state index contributed by atoms with van der Waals surface area (Å²) < 4.78 is 22.9. The molecular weight excluding hydrogens is 362 g/mol. The van der Waals surface area contributed by atoms with Gasteiger partial charge in [0.15, 0.2) is 9.84 Å². The number of benzene rings is 1. The summed E-state index contributed by atoms with van der Waals surface area (Å²) >= 11 is 5.85. The van der Waals surface area contributed by atoms with Crippen molar-refractivity contribution >= 4 is 33.0 Å². The Labute approximate surface area is 151 Å². The van der Waals surface area contributed by atoms with Gasteiger partial charge in [-0.3, -0.25) is 4.79 Å². The summed E-state index contributed by atoms with van der Waals surface area (Å²) in [5.74, 6) is -0.232. The fourth-order valence-corrected chi connectivity index (χ4v) is 4.41. The van der Waals surface area contributed by atoms with Gasteiger partial charge in [0.25, 0.3) is 5.91 Å². The summed E-state index contributed by atoms with van der Waals surface area (Å²) in [5.41, 5.74) is 2.13. The smallest absolute Gasteiger partial charge is 0.270 e. The molecule has 1 atom stereocenters. The number of halogens is 1. The number of hydrogen-bond acceptors (Lipinski definition) is 5. The van der Waals surface area contributed by atoms with E-state index in [-0.39, 0.29) is 29.1 Å². The number of nitrogens with zero attached hydrogens (tertiary/aromatic N) is 1. The second-order valence-corrected chi connectivity index (χ2v) is 8.65. The molecule has 1 unspecified atom stereocenters. The van der Waals surface area contributed by atoms with E-state index in [2.05, 4.69) is 15.6 Å². The van der Waals surface area contributed by atoms with Gasteiger partial charge >= 0.3 is 0 Å². The zero-order chi connectivity index (χ0) is 17.9. The zero-order valence-corrected chi connectivity index (χ0v) is 15.0. The minimum absolute atomic E-state index is 0.000525. The first-order valence-corrected chi connectivity index (χ1v) is 10.1. The van der Waals surface area contributed by atoms with E-state index < -0.39 is 9.84 Å². The first-order chi connectivity index (χ1) is 11.9. The highest BCUT2D eigenvalue weighted by Crippen LogP contribution is 2.14. The molecule has 1 aromatic heterocycles. The maximum Gasteiger partial charge on any atom is 0.270 e. The maximum atomic E-state index is 12.1.